The van der Waals surface area contributed by atoms with Gasteiger partial charge in [-0.25, -0.2) is 0 Å². The number of hydrogen-bond donors (Lipinski definition) is 0. The Morgan fingerprint density at radius 1 is 0.917 bits per heavy atom. The molecule has 0 bridgehead atoms. The number of anilines is 1. The van der Waals surface area contributed by atoms with E-state index in [0.29, 0.717) is 22.6 Å². The van der Waals surface area contributed by atoms with E-state index in [2.05, 4.69) is 4.90 Å². The number of carbonyl (C=O) groups excluding carboxylic acids is 1. The third-order valence-electron chi connectivity index (χ3n) is 4.50. The lowest BCUT2D eigenvalue weighted by molar-refractivity contribution is 0.103. The van der Waals surface area contributed by atoms with E-state index in [9.17, 15) is 4.79 Å². The maximum atomic E-state index is 12.8. The van der Waals surface area contributed by atoms with Gasteiger partial charge in [-0.3, -0.25) is 4.79 Å². The minimum absolute atomic E-state index is 0.0419. The van der Waals surface area contributed by atoms with Crippen LogP contribution in [0.3, 0.4) is 0 Å². The molecule has 2 aromatic carbocycles. The maximum absolute atomic E-state index is 12.8. The number of rotatable bonds is 5. The van der Waals surface area contributed by atoms with Crippen LogP contribution in [0, 0.1) is 0 Å². The Kier molecular flexibility index (Phi) is 5.04. The summed E-state index contributed by atoms with van der Waals surface area (Å²) >= 11 is 0. The van der Waals surface area contributed by atoms with Gasteiger partial charge >= 0.3 is 0 Å². The van der Waals surface area contributed by atoms with Crippen molar-refractivity contribution in [2.75, 3.05) is 32.2 Å². The zero-order valence-electron chi connectivity index (χ0n) is 14.2. The van der Waals surface area contributed by atoms with E-state index >= 15 is 0 Å². The first kappa shape index (κ1) is 16.4. The molecule has 24 heavy (non-hydrogen) atoms. The van der Waals surface area contributed by atoms with Crippen LogP contribution in [-0.4, -0.2) is 33.1 Å². The molecule has 1 aliphatic heterocycles. The van der Waals surface area contributed by atoms with Crippen molar-refractivity contribution in [3.63, 3.8) is 0 Å². The van der Waals surface area contributed by atoms with Crippen LogP contribution in [-0.2, 0) is 0 Å². The van der Waals surface area contributed by atoms with Crippen LogP contribution in [0.4, 0.5) is 5.69 Å². The standard InChI is InChI=1S/C20H23NO3/c1-23-17-10-11-18(19(14-17)24-2)20(22)15-6-8-16(9-7-15)21-12-4-3-5-13-21/h6-11,14H,3-5,12-13H2,1-2H3. The highest BCUT2D eigenvalue weighted by Gasteiger charge is 2.16. The predicted molar refractivity (Wildman–Crippen MR) is 95.5 cm³/mol. The van der Waals surface area contributed by atoms with Crippen LogP contribution in [0.1, 0.15) is 35.2 Å². The van der Waals surface area contributed by atoms with Crippen molar-refractivity contribution >= 4 is 11.5 Å². The van der Waals surface area contributed by atoms with E-state index in [0.717, 1.165) is 13.1 Å². The minimum atomic E-state index is -0.0419. The molecule has 0 aromatic heterocycles. The first-order valence-corrected chi connectivity index (χ1v) is 8.34. The molecule has 1 heterocycles. The van der Waals surface area contributed by atoms with E-state index in [-0.39, 0.29) is 5.78 Å². The first-order chi connectivity index (χ1) is 11.7. The average Bonchev–Trinajstić information content (AvgIpc) is 2.67. The van der Waals surface area contributed by atoms with Crippen molar-refractivity contribution in [1.29, 1.82) is 0 Å². The Morgan fingerprint density at radius 3 is 2.25 bits per heavy atom. The smallest absolute Gasteiger partial charge is 0.196 e. The van der Waals surface area contributed by atoms with Crippen molar-refractivity contribution in [3.05, 3.63) is 53.6 Å². The largest absolute Gasteiger partial charge is 0.497 e. The number of carbonyl (C=O) groups is 1. The molecule has 0 unspecified atom stereocenters. The van der Waals surface area contributed by atoms with Crippen LogP contribution in [0.2, 0.25) is 0 Å². The van der Waals surface area contributed by atoms with Crippen LogP contribution in [0.15, 0.2) is 42.5 Å². The molecule has 3 rings (SSSR count). The van der Waals surface area contributed by atoms with E-state index < -0.39 is 0 Å². The fraction of sp³-hybridized carbons (Fsp3) is 0.350. The van der Waals surface area contributed by atoms with Gasteiger partial charge in [0.15, 0.2) is 5.78 Å². The van der Waals surface area contributed by atoms with Gasteiger partial charge in [0.25, 0.3) is 0 Å². The van der Waals surface area contributed by atoms with Gasteiger partial charge in [-0.15, -0.1) is 0 Å². The molecule has 0 N–H and O–H groups in total. The minimum Gasteiger partial charge on any atom is -0.497 e. The van der Waals surface area contributed by atoms with E-state index in [1.54, 1.807) is 32.4 Å². The topological polar surface area (TPSA) is 38.8 Å². The van der Waals surface area contributed by atoms with Crippen molar-refractivity contribution in [2.45, 2.75) is 19.3 Å². The average molecular weight is 325 g/mol. The van der Waals surface area contributed by atoms with Gasteiger partial charge in [0.1, 0.15) is 11.5 Å². The van der Waals surface area contributed by atoms with Crippen LogP contribution < -0.4 is 14.4 Å². The highest BCUT2D eigenvalue weighted by Crippen LogP contribution is 2.27. The fourth-order valence-corrected chi connectivity index (χ4v) is 3.12. The van der Waals surface area contributed by atoms with E-state index in [4.69, 9.17) is 9.47 Å². The van der Waals surface area contributed by atoms with E-state index in [1.165, 1.54) is 24.9 Å². The fourth-order valence-electron chi connectivity index (χ4n) is 3.12. The van der Waals surface area contributed by atoms with Gasteiger partial charge in [-0.05, 0) is 55.7 Å². The predicted octanol–water partition coefficient (Wildman–Crippen LogP) is 3.93. The van der Waals surface area contributed by atoms with Gasteiger partial charge in [0, 0.05) is 30.4 Å². The van der Waals surface area contributed by atoms with Crippen molar-refractivity contribution < 1.29 is 14.3 Å². The zero-order valence-corrected chi connectivity index (χ0v) is 14.2. The molecular formula is C20H23NO3. The van der Waals surface area contributed by atoms with Gasteiger partial charge in [-0.2, -0.15) is 0 Å². The Balaban J connectivity index is 1.82. The number of benzene rings is 2. The number of methoxy groups -OCH3 is 2. The number of hydrogen-bond acceptors (Lipinski definition) is 4. The Morgan fingerprint density at radius 2 is 1.62 bits per heavy atom. The summed E-state index contributed by atoms with van der Waals surface area (Å²) in [6, 6.07) is 13.1. The number of piperidine rings is 1. The molecule has 0 atom stereocenters. The molecule has 1 fully saturated rings. The summed E-state index contributed by atoms with van der Waals surface area (Å²) in [6.07, 6.45) is 3.79. The van der Waals surface area contributed by atoms with Crippen molar-refractivity contribution in [2.24, 2.45) is 0 Å². The van der Waals surface area contributed by atoms with Crippen LogP contribution in [0.25, 0.3) is 0 Å². The highest BCUT2D eigenvalue weighted by atomic mass is 16.5. The number of ether oxygens (including phenoxy) is 2. The number of nitrogens with zero attached hydrogens (tertiary/aromatic N) is 1. The molecule has 1 saturated heterocycles. The second-order valence-electron chi connectivity index (χ2n) is 5.99. The summed E-state index contributed by atoms with van der Waals surface area (Å²) < 4.78 is 10.5. The third kappa shape index (κ3) is 3.37. The second kappa shape index (κ2) is 7.39. The SMILES string of the molecule is COc1ccc(C(=O)c2ccc(N3CCCCC3)cc2)c(OC)c1. The second-order valence-corrected chi connectivity index (χ2v) is 5.99. The lowest BCUT2D eigenvalue weighted by Crippen LogP contribution is -2.29. The summed E-state index contributed by atoms with van der Waals surface area (Å²) in [5, 5.41) is 0. The molecule has 0 spiro atoms. The molecule has 126 valence electrons. The van der Waals surface area contributed by atoms with E-state index in [1.807, 2.05) is 24.3 Å². The molecule has 4 nitrogen and oxygen atoms in total. The Bertz CT molecular complexity index is 703. The molecule has 0 aliphatic carbocycles. The molecule has 0 radical (unpaired) electrons. The normalized spacial score (nSPS) is 14.3. The molecule has 4 heteroatoms. The van der Waals surface area contributed by atoms with Crippen molar-refractivity contribution in [1.82, 2.24) is 0 Å². The molecule has 0 saturated carbocycles. The van der Waals surface area contributed by atoms with Gasteiger partial charge in [0.2, 0.25) is 0 Å². The monoisotopic (exact) mass is 325 g/mol. The lowest BCUT2D eigenvalue weighted by Gasteiger charge is -2.28. The van der Waals surface area contributed by atoms with Crippen molar-refractivity contribution in [3.8, 4) is 11.5 Å². The molecule has 0 amide bonds. The molecule has 2 aromatic rings. The molecular weight excluding hydrogens is 302 g/mol. The zero-order chi connectivity index (χ0) is 16.9. The van der Waals surface area contributed by atoms with Gasteiger partial charge < -0.3 is 14.4 Å². The Hall–Kier alpha value is -2.49. The summed E-state index contributed by atoms with van der Waals surface area (Å²) in [5.41, 5.74) is 2.40. The number of ketones is 1. The summed E-state index contributed by atoms with van der Waals surface area (Å²) in [6.45, 7) is 2.19. The molecule has 1 aliphatic rings. The van der Waals surface area contributed by atoms with Gasteiger partial charge in [0.05, 0.1) is 19.8 Å². The third-order valence-corrected chi connectivity index (χ3v) is 4.50. The van der Waals surface area contributed by atoms with Gasteiger partial charge in [-0.1, -0.05) is 0 Å². The summed E-state index contributed by atoms with van der Waals surface area (Å²) in [5.74, 6) is 1.16. The van der Waals surface area contributed by atoms with Crippen LogP contribution >= 0.6 is 0 Å². The maximum Gasteiger partial charge on any atom is 0.196 e. The highest BCUT2D eigenvalue weighted by molar-refractivity contribution is 6.11. The quantitative estimate of drug-likeness (QED) is 0.781. The summed E-state index contributed by atoms with van der Waals surface area (Å²) in [4.78, 5) is 15.2. The van der Waals surface area contributed by atoms with Crippen LogP contribution in [0.5, 0.6) is 11.5 Å². The lowest BCUT2D eigenvalue weighted by atomic mass is 10.0. The first-order valence-electron chi connectivity index (χ1n) is 8.34. The summed E-state index contributed by atoms with van der Waals surface area (Å²) in [7, 11) is 3.15. The Labute approximate surface area is 143 Å².